The summed E-state index contributed by atoms with van der Waals surface area (Å²) in [6.07, 6.45) is 8.03. The third-order valence-electron chi connectivity index (χ3n) is 2.95. The number of rotatable bonds is 8. The number of carbonyl (C=O) groups is 1. The molecule has 0 unspecified atom stereocenters. The van der Waals surface area contributed by atoms with E-state index in [2.05, 4.69) is 17.5 Å². The van der Waals surface area contributed by atoms with Gasteiger partial charge in [0.05, 0.1) is 6.21 Å². The lowest BCUT2D eigenvalue weighted by atomic mass is 10.1. The molecule has 3 heteroatoms. The van der Waals surface area contributed by atoms with Crippen molar-refractivity contribution in [1.29, 1.82) is 0 Å². The zero-order valence-electron chi connectivity index (χ0n) is 12.0. The lowest BCUT2D eigenvalue weighted by molar-refractivity contribution is -0.121. The molecule has 0 fully saturated rings. The number of hydrogen-bond donors (Lipinski definition) is 1. The van der Waals surface area contributed by atoms with Gasteiger partial charge in [0.15, 0.2) is 0 Å². The van der Waals surface area contributed by atoms with Crippen molar-refractivity contribution in [2.75, 3.05) is 0 Å². The summed E-state index contributed by atoms with van der Waals surface area (Å²) in [7, 11) is 0. The van der Waals surface area contributed by atoms with Crippen molar-refractivity contribution >= 4 is 12.1 Å². The average molecular weight is 260 g/mol. The topological polar surface area (TPSA) is 41.5 Å². The number of unbranched alkanes of at least 4 members (excludes halogenated alkanes) is 4. The van der Waals surface area contributed by atoms with E-state index in [4.69, 9.17) is 0 Å². The van der Waals surface area contributed by atoms with Crippen LogP contribution in [0.3, 0.4) is 0 Å². The SMILES string of the molecule is CCCCCCCC(=O)NN=Cc1cccc(C)c1. The van der Waals surface area contributed by atoms with Gasteiger partial charge in [-0.3, -0.25) is 4.79 Å². The third kappa shape index (κ3) is 7.39. The smallest absolute Gasteiger partial charge is 0.240 e. The second kappa shape index (κ2) is 9.31. The van der Waals surface area contributed by atoms with Crippen LogP contribution >= 0.6 is 0 Å². The Balaban J connectivity index is 2.19. The van der Waals surface area contributed by atoms with Gasteiger partial charge in [0.25, 0.3) is 0 Å². The zero-order chi connectivity index (χ0) is 13.9. The minimum Gasteiger partial charge on any atom is -0.273 e. The van der Waals surface area contributed by atoms with E-state index in [1.165, 1.54) is 24.8 Å². The molecule has 1 aromatic carbocycles. The highest BCUT2D eigenvalue weighted by molar-refractivity contribution is 5.82. The first kappa shape index (κ1) is 15.4. The Kier molecular flexibility index (Phi) is 7.56. The van der Waals surface area contributed by atoms with Crippen LogP contribution in [0.4, 0.5) is 0 Å². The number of hydrazone groups is 1. The number of nitrogens with one attached hydrogen (secondary N) is 1. The van der Waals surface area contributed by atoms with Crippen molar-refractivity contribution in [1.82, 2.24) is 5.43 Å². The van der Waals surface area contributed by atoms with Gasteiger partial charge in [-0.15, -0.1) is 0 Å². The highest BCUT2D eigenvalue weighted by Gasteiger charge is 1.98. The highest BCUT2D eigenvalue weighted by Crippen LogP contribution is 2.04. The molecule has 3 nitrogen and oxygen atoms in total. The molecule has 1 aromatic rings. The Morgan fingerprint density at radius 1 is 1.26 bits per heavy atom. The monoisotopic (exact) mass is 260 g/mol. The molecule has 104 valence electrons. The molecule has 0 atom stereocenters. The molecule has 0 radical (unpaired) electrons. The van der Waals surface area contributed by atoms with Gasteiger partial charge in [-0.1, -0.05) is 62.4 Å². The number of benzene rings is 1. The van der Waals surface area contributed by atoms with Crippen molar-refractivity contribution < 1.29 is 4.79 Å². The number of hydrogen-bond acceptors (Lipinski definition) is 2. The molecule has 0 aromatic heterocycles. The molecule has 0 aliphatic carbocycles. The van der Waals surface area contributed by atoms with E-state index in [0.29, 0.717) is 6.42 Å². The minimum atomic E-state index is 0.000372. The Hall–Kier alpha value is -1.64. The first-order valence-corrected chi connectivity index (χ1v) is 7.11. The predicted molar refractivity (Wildman–Crippen MR) is 80.3 cm³/mol. The lowest BCUT2D eigenvalue weighted by Gasteiger charge is -2.00. The molecule has 19 heavy (non-hydrogen) atoms. The van der Waals surface area contributed by atoms with Crippen LogP contribution in [0.2, 0.25) is 0 Å². The molecular weight excluding hydrogens is 236 g/mol. The highest BCUT2D eigenvalue weighted by atomic mass is 16.2. The van der Waals surface area contributed by atoms with Gasteiger partial charge >= 0.3 is 0 Å². The third-order valence-corrected chi connectivity index (χ3v) is 2.95. The second-order valence-electron chi connectivity index (χ2n) is 4.87. The standard InChI is InChI=1S/C16H24N2O/c1-3-4-5-6-7-11-16(19)18-17-13-15-10-8-9-14(2)12-15/h8-10,12-13H,3-7,11H2,1-2H3,(H,18,19). The molecular formula is C16H24N2O. The molecule has 0 aliphatic rings. The largest absolute Gasteiger partial charge is 0.273 e. The summed E-state index contributed by atoms with van der Waals surface area (Å²) < 4.78 is 0. The van der Waals surface area contributed by atoms with Crippen LogP contribution in [0, 0.1) is 6.92 Å². The summed E-state index contributed by atoms with van der Waals surface area (Å²) in [6, 6.07) is 8.01. The molecule has 0 heterocycles. The quantitative estimate of drug-likeness (QED) is 0.431. The van der Waals surface area contributed by atoms with E-state index in [1.807, 2.05) is 31.2 Å². The van der Waals surface area contributed by atoms with Gasteiger partial charge in [-0.2, -0.15) is 5.10 Å². The van der Waals surface area contributed by atoms with Crippen LogP contribution in [0.25, 0.3) is 0 Å². The number of carbonyl (C=O) groups excluding carboxylic acids is 1. The Labute approximate surface area is 116 Å². The van der Waals surface area contributed by atoms with E-state index in [-0.39, 0.29) is 5.91 Å². The van der Waals surface area contributed by atoms with Crippen LogP contribution in [-0.2, 0) is 4.79 Å². The molecule has 0 aliphatic heterocycles. The van der Waals surface area contributed by atoms with Crippen LogP contribution in [0.15, 0.2) is 29.4 Å². The first-order valence-electron chi connectivity index (χ1n) is 7.11. The van der Waals surface area contributed by atoms with E-state index in [1.54, 1.807) is 6.21 Å². The van der Waals surface area contributed by atoms with Gasteiger partial charge < -0.3 is 0 Å². The summed E-state index contributed by atoms with van der Waals surface area (Å²) in [4.78, 5) is 11.5. The van der Waals surface area contributed by atoms with E-state index in [9.17, 15) is 4.79 Å². The Morgan fingerprint density at radius 3 is 2.79 bits per heavy atom. The summed E-state index contributed by atoms with van der Waals surface area (Å²) in [5.41, 5.74) is 4.76. The van der Waals surface area contributed by atoms with Crippen molar-refractivity contribution in [3.05, 3.63) is 35.4 Å². The normalized spacial score (nSPS) is 10.8. The van der Waals surface area contributed by atoms with Crippen LogP contribution in [-0.4, -0.2) is 12.1 Å². The molecule has 0 spiro atoms. The molecule has 0 saturated carbocycles. The molecule has 0 bridgehead atoms. The maximum Gasteiger partial charge on any atom is 0.240 e. The van der Waals surface area contributed by atoms with E-state index >= 15 is 0 Å². The number of nitrogens with zero attached hydrogens (tertiary/aromatic N) is 1. The summed E-state index contributed by atoms with van der Waals surface area (Å²) in [5.74, 6) is 0.000372. The molecule has 1 rings (SSSR count). The van der Waals surface area contributed by atoms with Gasteiger partial charge in [-0.25, -0.2) is 5.43 Å². The number of aryl methyl sites for hydroxylation is 1. The average Bonchev–Trinajstić information content (AvgIpc) is 2.38. The fourth-order valence-electron chi connectivity index (χ4n) is 1.87. The maximum absolute atomic E-state index is 11.5. The van der Waals surface area contributed by atoms with Crippen LogP contribution in [0.1, 0.15) is 56.6 Å². The van der Waals surface area contributed by atoms with Gasteiger partial charge in [0.2, 0.25) is 5.91 Å². The number of amides is 1. The zero-order valence-corrected chi connectivity index (χ0v) is 12.0. The fourth-order valence-corrected chi connectivity index (χ4v) is 1.87. The van der Waals surface area contributed by atoms with Gasteiger partial charge in [0, 0.05) is 6.42 Å². The van der Waals surface area contributed by atoms with E-state index in [0.717, 1.165) is 18.4 Å². The van der Waals surface area contributed by atoms with Crippen LogP contribution in [0.5, 0.6) is 0 Å². The lowest BCUT2D eigenvalue weighted by Crippen LogP contribution is -2.16. The Bertz CT molecular complexity index is 413. The summed E-state index contributed by atoms with van der Waals surface area (Å²) in [6.45, 7) is 4.22. The minimum absolute atomic E-state index is 0.000372. The fraction of sp³-hybridized carbons (Fsp3) is 0.500. The molecule has 1 N–H and O–H groups in total. The van der Waals surface area contributed by atoms with Gasteiger partial charge in [0.1, 0.15) is 0 Å². The van der Waals surface area contributed by atoms with Crippen molar-refractivity contribution in [3.63, 3.8) is 0 Å². The Morgan fingerprint density at radius 2 is 2.05 bits per heavy atom. The summed E-state index contributed by atoms with van der Waals surface area (Å²) >= 11 is 0. The van der Waals surface area contributed by atoms with E-state index < -0.39 is 0 Å². The first-order chi connectivity index (χ1) is 9.22. The summed E-state index contributed by atoms with van der Waals surface area (Å²) in [5, 5.41) is 3.97. The van der Waals surface area contributed by atoms with Crippen molar-refractivity contribution in [2.45, 2.75) is 52.4 Å². The predicted octanol–water partition coefficient (Wildman–Crippen LogP) is 3.81. The molecule has 1 amide bonds. The van der Waals surface area contributed by atoms with Crippen LogP contribution < -0.4 is 5.43 Å². The van der Waals surface area contributed by atoms with Crippen molar-refractivity contribution in [2.24, 2.45) is 5.10 Å². The van der Waals surface area contributed by atoms with Crippen molar-refractivity contribution in [3.8, 4) is 0 Å². The second-order valence-corrected chi connectivity index (χ2v) is 4.87. The molecule has 0 saturated heterocycles. The maximum atomic E-state index is 11.5. The van der Waals surface area contributed by atoms with Gasteiger partial charge in [-0.05, 0) is 18.9 Å².